The van der Waals surface area contributed by atoms with Gasteiger partial charge < -0.3 is 20.1 Å². The van der Waals surface area contributed by atoms with Gasteiger partial charge >= 0.3 is 6.09 Å². The summed E-state index contributed by atoms with van der Waals surface area (Å²) in [5.74, 6) is 0. The highest BCUT2D eigenvalue weighted by atomic mass is 16.6. The Labute approximate surface area is 135 Å². The van der Waals surface area contributed by atoms with Crippen molar-refractivity contribution >= 4 is 6.09 Å². The molecule has 0 aromatic rings. The van der Waals surface area contributed by atoms with Gasteiger partial charge in [0.1, 0.15) is 5.60 Å². The lowest BCUT2D eigenvalue weighted by Gasteiger charge is -2.30. The van der Waals surface area contributed by atoms with E-state index < -0.39 is 5.60 Å². The number of nitrogens with one attached hydrogen (secondary N) is 1. The minimum atomic E-state index is -0.438. The van der Waals surface area contributed by atoms with Crippen molar-refractivity contribution in [1.29, 1.82) is 0 Å². The van der Waals surface area contributed by atoms with Crippen molar-refractivity contribution in [1.82, 2.24) is 10.2 Å². The smallest absolute Gasteiger partial charge is 0.410 e. The third kappa shape index (κ3) is 6.97. The highest BCUT2D eigenvalue weighted by Crippen LogP contribution is 2.24. The summed E-state index contributed by atoms with van der Waals surface area (Å²) in [6, 6.07) is 1.00. The van der Waals surface area contributed by atoms with E-state index in [2.05, 4.69) is 19.2 Å². The molecule has 1 heterocycles. The molecule has 1 aliphatic heterocycles. The molecule has 1 amide bonds. The van der Waals surface area contributed by atoms with Crippen LogP contribution in [0, 0.1) is 0 Å². The second-order valence-corrected chi connectivity index (χ2v) is 7.54. The Morgan fingerprint density at radius 1 is 1.36 bits per heavy atom. The van der Waals surface area contributed by atoms with Crippen molar-refractivity contribution in [2.75, 3.05) is 13.2 Å². The number of amides is 1. The van der Waals surface area contributed by atoms with Gasteiger partial charge in [-0.25, -0.2) is 4.79 Å². The summed E-state index contributed by atoms with van der Waals surface area (Å²) in [4.78, 5) is 14.2. The van der Waals surface area contributed by atoms with Crippen LogP contribution in [0.15, 0.2) is 0 Å². The first-order valence-corrected chi connectivity index (χ1v) is 8.59. The van der Waals surface area contributed by atoms with Crippen LogP contribution in [0.1, 0.15) is 66.7 Å². The molecule has 0 aromatic carbocycles. The van der Waals surface area contributed by atoms with Gasteiger partial charge in [-0.2, -0.15) is 0 Å². The lowest BCUT2D eigenvalue weighted by atomic mass is 10.0. The van der Waals surface area contributed by atoms with E-state index >= 15 is 0 Å². The average molecular weight is 314 g/mol. The maximum absolute atomic E-state index is 12.3. The molecule has 0 aliphatic carbocycles. The number of aliphatic hydroxyl groups is 1. The van der Waals surface area contributed by atoms with Crippen LogP contribution in [-0.4, -0.2) is 53.0 Å². The second kappa shape index (κ2) is 8.73. The average Bonchev–Trinajstić information content (AvgIpc) is 2.82. The first-order chi connectivity index (χ1) is 10.2. The lowest BCUT2D eigenvalue weighted by Crippen LogP contribution is -2.44. The van der Waals surface area contributed by atoms with Crippen LogP contribution in [0.5, 0.6) is 0 Å². The Morgan fingerprint density at radius 2 is 2.05 bits per heavy atom. The summed E-state index contributed by atoms with van der Waals surface area (Å²) < 4.78 is 5.51. The molecule has 0 saturated carbocycles. The number of hydrogen-bond donors (Lipinski definition) is 2. The number of nitrogens with zero attached hydrogens (tertiary/aromatic N) is 1. The largest absolute Gasteiger partial charge is 0.444 e. The van der Waals surface area contributed by atoms with E-state index in [1.807, 2.05) is 25.7 Å². The third-order valence-corrected chi connectivity index (χ3v) is 4.00. The Hall–Kier alpha value is -0.810. The molecule has 0 bridgehead atoms. The van der Waals surface area contributed by atoms with E-state index in [1.165, 1.54) is 0 Å². The highest BCUT2D eigenvalue weighted by molar-refractivity contribution is 5.68. The Kier molecular flexibility index (Phi) is 7.63. The fourth-order valence-corrected chi connectivity index (χ4v) is 3.08. The molecule has 1 saturated heterocycles. The van der Waals surface area contributed by atoms with Gasteiger partial charge in [-0.1, -0.05) is 0 Å². The SMILES string of the molecule is CC(CCCO)NC(C)CC1CCCN1C(=O)OC(C)(C)C. The van der Waals surface area contributed by atoms with Crippen LogP contribution < -0.4 is 5.32 Å². The number of rotatable bonds is 7. The van der Waals surface area contributed by atoms with Crippen molar-refractivity contribution < 1.29 is 14.6 Å². The molecule has 5 heteroatoms. The zero-order valence-electron chi connectivity index (χ0n) is 14.9. The molecule has 1 rings (SSSR count). The van der Waals surface area contributed by atoms with Gasteiger partial charge in [0.05, 0.1) is 0 Å². The molecule has 130 valence electrons. The molecule has 2 N–H and O–H groups in total. The Bertz CT molecular complexity index is 341. The van der Waals surface area contributed by atoms with E-state index in [4.69, 9.17) is 9.84 Å². The number of hydrogen-bond acceptors (Lipinski definition) is 4. The third-order valence-electron chi connectivity index (χ3n) is 4.00. The molecule has 1 fully saturated rings. The fraction of sp³-hybridized carbons (Fsp3) is 0.941. The predicted octanol–water partition coefficient (Wildman–Crippen LogP) is 2.92. The van der Waals surface area contributed by atoms with Crippen molar-refractivity contribution in [3.8, 4) is 0 Å². The number of likely N-dealkylation sites (tertiary alicyclic amines) is 1. The summed E-state index contributed by atoms with van der Waals surface area (Å²) in [7, 11) is 0. The van der Waals surface area contributed by atoms with Crippen molar-refractivity contribution in [3.63, 3.8) is 0 Å². The minimum Gasteiger partial charge on any atom is -0.444 e. The van der Waals surface area contributed by atoms with Crippen LogP contribution in [0.4, 0.5) is 4.79 Å². The van der Waals surface area contributed by atoms with E-state index in [0.29, 0.717) is 12.1 Å². The molecular formula is C17H34N2O3. The van der Waals surface area contributed by atoms with E-state index in [1.54, 1.807) is 0 Å². The van der Waals surface area contributed by atoms with Gasteiger partial charge in [0.2, 0.25) is 0 Å². The molecule has 3 unspecified atom stereocenters. The number of ether oxygens (including phenoxy) is 1. The first-order valence-electron chi connectivity index (χ1n) is 8.59. The zero-order valence-corrected chi connectivity index (χ0v) is 14.9. The van der Waals surface area contributed by atoms with Crippen molar-refractivity contribution in [2.45, 2.75) is 90.4 Å². The van der Waals surface area contributed by atoms with E-state index in [-0.39, 0.29) is 18.7 Å². The quantitative estimate of drug-likeness (QED) is 0.758. The van der Waals surface area contributed by atoms with Crippen LogP contribution in [0.25, 0.3) is 0 Å². The van der Waals surface area contributed by atoms with E-state index in [9.17, 15) is 4.79 Å². The molecule has 1 aliphatic rings. The second-order valence-electron chi connectivity index (χ2n) is 7.54. The van der Waals surface area contributed by atoms with Crippen LogP contribution in [0.3, 0.4) is 0 Å². The molecule has 0 aromatic heterocycles. The number of aliphatic hydroxyl groups excluding tert-OH is 1. The van der Waals surface area contributed by atoms with Gasteiger partial charge in [-0.15, -0.1) is 0 Å². The fourth-order valence-electron chi connectivity index (χ4n) is 3.08. The maximum Gasteiger partial charge on any atom is 0.410 e. The predicted molar refractivity (Wildman–Crippen MR) is 89.0 cm³/mol. The molecule has 0 spiro atoms. The van der Waals surface area contributed by atoms with E-state index in [0.717, 1.165) is 38.6 Å². The van der Waals surface area contributed by atoms with Crippen LogP contribution in [-0.2, 0) is 4.74 Å². The molecule has 0 radical (unpaired) electrons. The van der Waals surface area contributed by atoms with Crippen LogP contribution >= 0.6 is 0 Å². The van der Waals surface area contributed by atoms with Gasteiger partial charge in [0, 0.05) is 31.3 Å². The van der Waals surface area contributed by atoms with Gasteiger partial charge in [0.25, 0.3) is 0 Å². The highest BCUT2D eigenvalue weighted by Gasteiger charge is 2.32. The standard InChI is InChI=1S/C17H34N2O3/c1-13(8-7-11-20)18-14(2)12-15-9-6-10-19(15)16(21)22-17(3,4)5/h13-15,18,20H,6-12H2,1-5H3. The van der Waals surface area contributed by atoms with Crippen molar-refractivity contribution in [3.05, 3.63) is 0 Å². The maximum atomic E-state index is 12.3. The summed E-state index contributed by atoms with van der Waals surface area (Å²) in [6.45, 7) is 11.1. The minimum absolute atomic E-state index is 0.185. The Morgan fingerprint density at radius 3 is 2.64 bits per heavy atom. The summed E-state index contributed by atoms with van der Waals surface area (Å²) in [5.41, 5.74) is -0.438. The summed E-state index contributed by atoms with van der Waals surface area (Å²) >= 11 is 0. The Balaban J connectivity index is 2.44. The van der Waals surface area contributed by atoms with Gasteiger partial charge in [0.15, 0.2) is 0 Å². The lowest BCUT2D eigenvalue weighted by molar-refractivity contribution is 0.0214. The topological polar surface area (TPSA) is 61.8 Å². The van der Waals surface area contributed by atoms with Crippen LogP contribution in [0.2, 0.25) is 0 Å². The summed E-state index contributed by atoms with van der Waals surface area (Å²) in [6.07, 6.45) is 4.67. The molecule has 5 nitrogen and oxygen atoms in total. The molecule has 22 heavy (non-hydrogen) atoms. The van der Waals surface area contributed by atoms with Crippen molar-refractivity contribution in [2.24, 2.45) is 0 Å². The van der Waals surface area contributed by atoms with Gasteiger partial charge in [-0.3, -0.25) is 0 Å². The number of carbonyl (C=O) groups excluding carboxylic acids is 1. The number of carbonyl (C=O) groups is 1. The van der Waals surface area contributed by atoms with Gasteiger partial charge in [-0.05, 0) is 66.7 Å². The normalized spacial score (nSPS) is 21.7. The first kappa shape index (κ1) is 19.2. The zero-order chi connectivity index (χ0) is 16.8. The molecular weight excluding hydrogens is 280 g/mol. The monoisotopic (exact) mass is 314 g/mol. The molecule has 3 atom stereocenters. The summed E-state index contributed by atoms with van der Waals surface area (Å²) in [5, 5.41) is 12.4.